The molecule has 0 saturated carbocycles. The number of amides is 1. The van der Waals surface area contributed by atoms with E-state index in [2.05, 4.69) is 23.3 Å². The maximum Gasteiger partial charge on any atom is 0.397 e. The van der Waals surface area contributed by atoms with E-state index in [0.29, 0.717) is 12.8 Å². The highest BCUT2D eigenvalue weighted by Crippen LogP contribution is 2.26. The second-order valence-corrected chi connectivity index (χ2v) is 17.5. The highest BCUT2D eigenvalue weighted by atomic mass is 32.3. The van der Waals surface area contributed by atoms with Gasteiger partial charge < -0.3 is 40.3 Å². The molecule has 344 valence electrons. The molecule has 0 aliphatic carbocycles. The molecule has 1 fully saturated rings. The smallest absolute Gasteiger partial charge is 0.394 e. The van der Waals surface area contributed by atoms with Crippen LogP contribution >= 0.6 is 0 Å². The van der Waals surface area contributed by atoms with E-state index in [0.717, 1.165) is 38.5 Å². The first-order chi connectivity index (χ1) is 27.9. The molecular formula is C44H85NO12S. The molecule has 0 aromatic rings. The molecule has 7 N–H and O–H groups in total. The van der Waals surface area contributed by atoms with Crippen molar-refractivity contribution in [3.63, 3.8) is 0 Å². The van der Waals surface area contributed by atoms with Crippen LogP contribution in [0, 0.1) is 0 Å². The maximum atomic E-state index is 13.1. The third kappa shape index (κ3) is 27.6. The van der Waals surface area contributed by atoms with E-state index in [9.17, 15) is 38.7 Å². The zero-order valence-corrected chi connectivity index (χ0v) is 37.1. The number of hydrogen-bond donors (Lipinski definition) is 7. The molecular weight excluding hydrogens is 767 g/mol. The van der Waals surface area contributed by atoms with Gasteiger partial charge in [0.25, 0.3) is 0 Å². The molecule has 8 unspecified atom stereocenters. The van der Waals surface area contributed by atoms with Crippen molar-refractivity contribution in [2.75, 3.05) is 13.2 Å². The summed E-state index contributed by atoms with van der Waals surface area (Å²) in [5.74, 6) is -0.700. The van der Waals surface area contributed by atoms with Crippen LogP contribution in [0.5, 0.6) is 0 Å². The second kappa shape index (κ2) is 35.4. The van der Waals surface area contributed by atoms with Gasteiger partial charge in [-0.2, -0.15) is 8.42 Å². The van der Waals surface area contributed by atoms with Gasteiger partial charge in [-0.3, -0.25) is 9.35 Å². The maximum absolute atomic E-state index is 13.1. The molecule has 8 atom stereocenters. The van der Waals surface area contributed by atoms with Crippen molar-refractivity contribution >= 4 is 16.3 Å². The summed E-state index contributed by atoms with van der Waals surface area (Å²) in [5.41, 5.74) is 0. The van der Waals surface area contributed by atoms with Crippen molar-refractivity contribution in [1.29, 1.82) is 0 Å². The Labute approximate surface area is 352 Å². The predicted octanol–water partition coefficient (Wildman–Crippen LogP) is 7.75. The predicted molar refractivity (Wildman–Crippen MR) is 228 cm³/mol. The fourth-order valence-electron chi connectivity index (χ4n) is 7.46. The average molecular weight is 852 g/mol. The molecule has 1 amide bonds. The Morgan fingerprint density at radius 3 is 1.55 bits per heavy atom. The Morgan fingerprint density at radius 2 is 1.12 bits per heavy atom. The molecule has 0 spiro atoms. The van der Waals surface area contributed by atoms with Gasteiger partial charge in [0.15, 0.2) is 6.29 Å². The standard InChI is InChI=1S/C44H85NO12S/c1-3-5-7-9-11-13-15-17-18-19-20-21-23-25-27-29-31-33-38(48)43(51)45-36(37(47)32-30-28-26-24-22-16-14-12-10-8-6-4-2)35-55-44-41(50)42(57-58(52,53)54)40(49)39(34-46)56-44/h30,32,36-42,44,46-50H,3-29,31,33-35H2,1-2H3,(H,45,51)(H,52,53,54)/b32-30+. The van der Waals surface area contributed by atoms with E-state index in [1.165, 1.54) is 134 Å². The van der Waals surface area contributed by atoms with Crippen molar-refractivity contribution in [3.8, 4) is 0 Å². The number of aliphatic hydroxyl groups is 5. The summed E-state index contributed by atoms with van der Waals surface area (Å²) in [6, 6.07) is -1.11. The molecule has 0 aromatic heterocycles. The number of unbranched alkanes of at least 4 members (excludes halogenated alkanes) is 26. The first-order valence-electron chi connectivity index (χ1n) is 23.2. The minimum atomic E-state index is -5.11. The van der Waals surface area contributed by atoms with Crippen LogP contribution in [0.4, 0.5) is 0 Å². The largest absolute Gasteiger partial charge is 0.397 e. The summed E-state index contributed by atoms with van der Waals surface area (Å²) in [5, 5.41) is 55.1. The molecule has 58 heavy (non-hydrogen) atoms. The van der Waals surface area contributed by atoms with E-state index in [4.69, 9.17) is 14.0 Å². The summed E-state index contributed by atoms with van der Waals surface area (Å²) in [4.78, 5) is 13.1. The topological polar surface area (TPSA) is 212 Å². The molecule has 0 radical (unpaired) electrons. The Bertz CT molecular complexity index is 1110. The minimum absolute atomic E-state index is 0.248. The highest BCUT2D eigenvalue weighted by Gasteiger charge is 2.48. The van der Waals surface area contributed by atoms with Gasteiger partial charge in [-0.05, 0) is 19.3 Å². The van der Waals surface area contributed by atoms with Gasteiger partial charge in [0.1, 0.15) is 30.5 Å². The van der Waals surface area contributed by atoms with Crippen LogP contribution in [0.15, 0.2) is 12.2 Å². The van der Waals surface area contributed by atoms with Crippen LogP contribution in [-0.2, 0) is 28.9 Å². The Morgan fingerprint density at radius 1 is 0.690 bits per heavy atom. The van der Waals surface area contributed by atoms with Crippen molar-refractivity contribution in [2.24, 2.45) is 0 Å². The summed E-state index contributed by atoms with van der Waals surface area (Å²) in [6.07, 6.45) is 25.8. The lowest BCUT2D eigenvalue weighted by Crippen LogP contribution is -2.61. The van der Waals surface area contributed by atoms with Crippen molar-refractivity contribution in [2.45, 2.75) is 249 Å². The first kappa shape index (κ1) is 54.8. The monoisotopic (exact) mass is 852 g/mol. The van der Waals surface area contributed by atoms with E-state index < -0.39 is 78.5 Å². The number of hydrogen-bond acceptors (Lipinski definition) is 11. The summed E-state index contributed by atoms with van der Waals surface area (Å²) in [6.45, 7) is 3.21. The van der Waals surface area contributed by atoms with Crippen LogP contribution in [0.2, 0.25) is 0 Å². The molecule has 1 aliphatic heterocycles. The zero-order valence-electron chi connectivity index (χ0n) is 36.2. The van der Waals surface area contributed by atoms with Crippen molar-refractivity contribution in [3.05, 3.63) is 12.2 Å². The van der Waals surface area contributed by atoms with Crippen LogP contribution < -0.4 is 5.32 Å². The molecule has 1 aliphatic rings. The number of carbonyl (C=O) groups is 1. The highest BCUT2D eigenvalue weighted by molar-refractivity contribution is 7.80. The molecule has 0 aromatic carbocycles. The van der Waals surface area contributed by atoms with Crippen molar-refractivity contribution < 1.29 is 57.0 Å². The average Bonchev–Trinajstić information content (AvgIpc) is 3.19. The van der Waals surface area contributed by atoms with E-state index >= 15 is 0 Å². The molecule has 1 rings (SSSR count). The zero-order chi connectivity index (χ0) is 42.9. The molecule has 1 saturated heterocycles. The number of nitrogens with one attached hydrogen (secondary N) is 1. The van der Waals surface area contributed by atoms with Gasteiger partial charge in [-0.25, -0.2) is 4.18 Å². The first-order valence-corrected chi connectivity index (χ1v) is 24.5. The van der Waals surface area contributed by atoms with Gasteiger partial charge in [-0.15, -0.1) is 0 Å². The van der Waals surface area contributed by atoms with Gasteiger partial charge >= 0.3 is 10.4 Å². The minimum Gasteiger partial charge on any atom is -0.394 e. The summed E-state index contributed by atoms with van der Waals surface area (Å²) in [7, 11) is -5.11. The normalized spacial score (nSPS) is 21.7. The van der Waals surface area contributed by atoms with Crippen LogP contribution in [0.1, 0.15) is 200 Å². The molecule has 13 nitrogen and oxygen atoms in total. The number of ether oxygens (including phenoxy) is 2. The van der Waals surface area contributed by atoms with Gasteiger partial charge in [0.05, 0.1) is 25.4 Å². The van der Waals surface area contributed by atoms with Crippen LogP contribution in [0.3, 0.4) is 0 Å². The third-order valence-electron chi connectivity index (χ3n) is 11.2. The van der Waals surface area contributed by atoms with Gasteiger partial charge in [-0.1, -0.05) is 193 Å². The Hall–Kier alpha value is -1.20. The van der Waals surface area contributed by atoms with Gasteiger partial charge in [0, 0.05) is 0 Å². The lowest BCUT2D eigenvalue weighted by molar-refractivity contribution is -0.298. The van der Waals surface area contributed by atoms with Crippen LogP contribution in [-0.4, -0.2) is 107 Å². The number of allylic oxidation sites excluding steroid dienone is 1. The van der Waals surface area contributed by atoms with E-state index in [1.54, 1.807) is 0 Å². The molecule has 0 bridgehead atoms. The number of rotatable bonds is 39. The van der Waals surface area contributed by atoms with Gasteiger partial charge in [0.2, 0.25) is 5.91 Å². The van der Waals surface area contributed by atoms with E-state index in [1.807, 2.05) is 6.08 Å². The SMILES string of the molecule is CCCCCCCCCCCC/C=C/C(O)C(COC1OC(CO)C(O)C(OS(=O)(=O)O)C1O)NC(=O)C(O)CCCCCCCCCCCCCCCCCCC. The van der Waals surface area contributed by atoms with E-state index in [-0.39, 0.29) is 6.42 Å². The number of aliphatic hydroxyl groups excluding tert-OH is 5. The Balaban J connectivity index is 2.56. The third-order valence-corrected chi connectivity index (χ3v) is 11.6. The summed E-state index contributed by atoms with van der Waals surface area (Å²) >= 11 is 0. The quantitative estimate of drug-likeness (QED) is 0.0180. The second-order valence-electron chi connectivity index (χ2n) is 16.5. The fraction of sp³-hybridized carbons (Fsp3) is 0.932. The Kier molecular flexibility index (Phi) is 33.5. The fourth-order valence-corrected chi connectivity index (χ4v) is 7.97. The lowest BCUT2D eigenvalue weighted by Gasteiger charge is -2.41. The van der Waals surface area contributed by atoms with Crippen LogP contribution in [0.25, 0.3) is 0 Å². The molecule has 14 heteroatoms. The molecule has 1 heterocycles. The van der Waals surface area contributed by atoms with Crippen molar-refractivity contribution in [1.82, 2.24) is 5.32 Å². The summed E-state index contributed by atoms with van der Waals surface area (Å²) < 4.78 is 47.4. The number of carbonyl (C=O) groups excluding carboxylic acids is 1. The lowest BCUT2D eigenvalue weighted by atomic mass is 9.99.